The number of carbonyl (C=O) groups is 1. The number of hydrogen-bond donors (Lipinski definition) is 1. The van der Waals surface area contributed by atoms with Gasteiger partial charge in [0.05, 0.1) is 7.11 Å². The Bertz CT molecular complexity index is 377. The van der Waals surface area contributed by atoms with E-state index >= 15 is 0 Å². The molecule has 0 saturated carbocycles. The van der Waals surface area contributed by atoms with Crippen LogP contribution in [0.15, 0.2) is 18.2 Å². The van der Waals surface area contributed by atoms with Crippen LogP contribution in [0.25, 0.3) is 0 Å². The van der Waals surface area contributed by atoms with E-state index in [1.165, 1.54) is 7.11 Å². The zero-order valence-corrected chi connectivity index (χ0v) is 10.6. The number of carbonyl (C=O) groups excluding carboxylic acids is 1. The summed E-state index contributed by atoms with van der Waals surface area (Å²) in [6.45, 7) is 2.72. The van der Waals surface area contributed by atoms with E-state index in [0.717, 1.165) is 23.3 Å². The number of methoxy groups -OCH3 is 2. The summed E-state index contributed by atoms with van der Waals surface area (Å²) in [5.41, 5.74) is 2.25. The summed E-state index contributed by atoms with van der Waals surface area (Å²) in [5, 5.41) is 2.78. The fourth-order valence-electron chi connectivity index (χ4n) is 1.55. The van der Waals surface area contributed by atoms with Crippen LogP contribution in [-0.4, -0.2) is 33.3 Å². The molecule has 0 radical (unpaired) electrons. The molecule has 0 heterocycles. The van der Waals surface area contributed by atoms with Crippen molar-refractivity contribution in [2.45, 2.75) is 13.3 Å². The maximum absolute atomic E-state index is 11.1. The molecule has 0 bridgehead atoms. The number of amides is 1. The van der Waals surface area contributed by atoms with Gasteiger partial charge in [-0.25, -0.2) is 0 Å². The molecule has 17 heavy (non-hydrogen) atoms. The van der Waals surface area contributed by atoms with Gasteiger partial charge in [0.2, 0.25) is 5.91 Å². The lowest BCUT2D eigenvalue weighted by Gasteiger charge is -2.08. The fraction of sp³-hybridized carbons (Fsp3) is 0.462. The Morgan fingerprint density at radius 2 is 2.12 bits per heavy atom. The largest absolute Gasteiger partial charge is 0.496 e. The van der Waals surface area contributed by atoms with Crippen molar-refractivity contribution in [3.8, 4) is 5.75 Å². The second-order valence-electron chi connectivity index (χ2n) is 3.84. The van der Waals surface area contributed by atoms with Crippen molar-refractivity contribution in [2.75, 3.05) is 27.4 Å². The van der Waals surface area contributed by atoms with Crippen LogP contribution in [0.5, 0.6) is 5.75 Å². The number of aryl methyl sites for hydroxylation is 1. The number of benzene rings is 1. The van der Waals surface area contributed by atoms with Gasteiger partial charge in [0.1, 0.15) is 12.4 Å². The van der Waals surface area contributed by atoms with Crippen molar-refractivity contribution in [1.82, 2.24) is 5.32 Å². The molecule has 0 saturated heterocycles. The van der Waals surface area contributed by atoms with Crippen LogP contribution in [0.4, 0.5) is 0 Å². The van der Waals surface area contributed by atoms with Crippen molar-refractivity contribution < 1.29 is 14.3 Å². The van der Waals surface area contributed by atoms with E-state index in [1.54, 1.807) is 7.11 Å². The van der Waals surface area contributed by atoms with E-state index < -0.39 is 0 Å². The molecule has 1 rings (SSSR count). The topological polar surface area (TPSA) is 47.6 Å². The van der Waals surface area contributed by atoms with Gasteiger partial charge in [-0.15, -0.1) is 0 Å². The molecule has 4 heteroatoms. The highest BCUT2D eigenvalue weighted by Gasteiger charge is 2.02. The van der Waals surface area contributed by atoms with E-state index in [9.17, 15) is 4.79 Å². The summed E-state index contributed by atoms with van der Waals surface area (Å²) < 4.78 is 9.97. The van der Waals surface area contributed by atoms with Crippen molar-refractivity contribution >= 4 is 5.91 Å². The van der Waals surface area contributed by atoms with Gasteiger partial charge in [-0.3, -0.25) is 4.79 Å². The van der Waals surface area contributed by atoms with Crippen LogP contribution in [0, 0.1) is 6.92 Å². The Labute approximate surface area is 102 Å². The molecule has 1 amide bonds. The molecule has 0 aliphatic rings. The number of nitrogens with one attached hydrogen (secondary N) is 1. The monoisotopic (exact) mass is 237 g/mol. The Kier molecular flexibility index (Phi) is 5.49. The van der Waals surface area contributed by atoms with E-state index in [-0.39, 0.29) is 12.5 Å². The van der Waals surface area contributed by atoms with Crippen LogP contribution in [0.3, 0.4) is 0 Å². The highest BCUT2D eigenvalue weighted by molar-refractivity contribution is 5.77. The molecule has 0 atom stereocenters. The van der Waals surface area contributed by atoms with Gasteiger partial charge in [0, 0.05) is 13.7 Å². The molecular formula is C13H19NO3. The molecule has 0 aromatic heterocycles. The summed E-state index contributed by atoms with van der Waals surface area (Å²) in [7, 11) is 3.16. The maximum atomic E-state index is 11.1. The minimum absolute atomic E-state index is 0.0911. The molecule has 0 spiro atoms. The molecule has 1 aromatic rings. The van der Waals surface area contributed by atoms with E-state index in [4.69, 9.17) is 9.47 Å². The molecule has 0 unspecified atom stereocenters. The zero-order valence-electron chi connectivity index (χ0n) is 10.6. The summed E-state index contributed by atoms with van der Waals surface area (Å²) in [4.78, 5) is 11.1. The van der Waals surface area contributed by atoms with Gasteiger partial charge in [0.15, 0.2) is 0 Å². The molecule has 0 aliphatic heterocycles. The van der Waals surface area contributed by atoms with Gasteiger partial charge >= 0.3 is 0 Å². The van der Waals surface area contributed by atoms with Gasteiger partial charge in [-0.05, 0) is 30.5 Å². The quantitative estimate of drug-likeness (QED) is 0.811. The average molecular weight is 237 g/mol. The first kappa shape index (κ1) is 13.5. The zero-order chi connectivity index (χ0) is 12.7. The molecule has 1 aromatic carbocycles. The third-order valence-corrected chi connectivity index (χ3v) is 2.48. The Morgan fingerprint density at radius 3 is 2.76 bits per heavy atom. The lowest BCUT2D eigenvalue weighted by Crippen LogP contribution is -2.28. The number of rotatable bonds is 6. The summed E-state index contributed by atoms with van der Waals surface area (Å²) in [6.07, 6.45) is 0.784. The van der Waals surface area contributed by atoms with Gasteiger partial charge in [-0.1, -0.05) is 12.1 Å². The Balaban J connectivity index is 2.44. The molecule has 0 aliphatic carbocycles. The number of ether oxygens (including phenoxy) is 2. The van der Waals surface area contributed by atoms with Crippen LogP contribution in [0.1, 0.15) is 11.1 Å². The second-order valence-corrected chi connectivity index (χ2v) is 3.84. The fourth-order valence-corrected chi connectivity index (χ4v) is 1.55. The molecular weight excluding hydrogens is 218 g/mol. The highest BCUT2D eigenvalue weighted by atomic mass is 16.5. The van der Waals surface area contributed by atoms with Gasteiger partial charge < -0.3 is 14.8 Å². The summed E-state index contributed by atoms with van der Waals surface area (Å²) in [5.74, 6) is 0.789. The minimum Gasteiger partial charge on any atom is -0.496 e. The molecule has 4 nitrogen and oxygen atoms in total. The molecule has 1 N–H and O–H groups in total. The van der Waals surface area contributed by atoms with Crippen LogP contribution in [0.2, 0.25) is 0 Å². The Morgan fingerprint density at radius 1 is 1.35 bits per heavy atom. The Hall–Kier alpha value is -1.55. The SMILES string of the molecule is COCC(=O)NCCc1ccc(C)c(OC)c1. The third kappa shape index (κ3) is 4.44. The average Bonchev–Trinajstić information content (AvgIpc) is 2.31. The lowest BCUT2D eigenvalue weighted by molar-refractivity contribution is -0.124. The molecule has 0 fully saturated rings. The van der Waals surface area contributed by atoms with Crippen molar-refractivity contribution in [3.63, 3.8) is 0 Å². The standard InChI is InChI=1S/C13H19NO3/c1-10-4-5-11(8-12(10)17-3)6-7-14-13(15)9-16-2/h4-5,8H,6-7,9H2,1-3H3,(H,14,15). The predicted octanol–water partition coefficient (Wildman–Crippen LogP) is 1.31. The third-order valence-electron chi connectivity index (χ3n) is 2.48. The second kappa shape index (κ2) is 6.91. The predicted molar refractivity (Wildman–Crippen MR) is 66.3 cm³/mol. The van der Waals surface area contributed by atoms with Crippen LogP contribution in [-0.2, 0) is 16.0 Å². The first-order chi connectivity index (χ1) is 8.17. The van der Waals surface area contributed by atoms with Crippen molar-refractivity contribution in [3.05, 3.63) is 29.3 Å². The van der Waals surface area contributed by atoms with Crippen LogP contribution >= 0.6 is 0 Å². The maximum Gasteiger partial charge on any atom is 0.245 e. The highest BCUT2D eigenvalue weighted by Crippen LogP contribution is 2.18. The molecule has 94 valence electrons. The van der Waals surface area contributed by atoms with Gasteiger partial charge in [-0.2, -0.15) is 0 Å². The van der Waals surface area contributed by atoms with Gasteiger partial charge in [0.25, 0.3) is 0 Å². The van der Waals surface area contributed by atoms with E-state index in [0.29, 0.717) is 6.54 Å². The minimum atomic E-state index is -0.0911. The van der Waals surface area contributed by atoms with E-state index in [2.05, 4.69) is 5.32 Å². The summed E-state index contributed by atoms with van der Waals surface area (Å²) >= 11 is 0. The normalized spacial score (nSPS) is 10.1. The van der Waals surface area contributed by atoms with Crippen molar-refractivity contribution in [2.24, 2.45) is 0 Å². The van der Waals surface area contributed by atoms with E-state index in [1.807, 2.05) is 25.1 Å². The summed E-state index contributed by atoms with van der Waals surface area (Å²) in [6, 6.07) is 6.06. The first-order valence-electron chi connectivity index (χ1n) is 5.56. The lowest BCUT2D eigenvalue weighted by atomic mass is 10.1. The number of hydrogen-bond acceptors (Lipinski definition) is 3. The smallest absolute Gasteiger partial charge is 0.245 e. The van der Waals surface area contributed by atoms with Crippen LogP contribution < -0.4 is 10.1 Å². The first-order valence-corrected chi connectivity index (χ1v) is 5.56. The van der Waals surface area contributed by atoms with Crippen molar-refractivity contribution in [1.29, 1.82) is 0 Å².